The van der Waals surface area contributed by atoms with Crippen LogP contribution in [0.15, 0.2) is 0 Å². The third kappa shape index (κ3) is 3.07. The van der Waals surface area contributed by atoms with Crippen LogP contribution >= 0.6 is 24.8 Å². The van der Waals surface area contributed by atoms with Crippen LogP contribution in [0, 0.1) is 5.92 Å². The standard InChI is InChI=1S/C7H16N2O.2ClH/c1-6(4-8)7(10)2-3-9-5-7;;/h6,9-10H,2-5,8H2,1H3;2*1H. The number of halogens is 2. The Kier molecular flexibility index (Phi) is 7.47. The maximum Gasteiger partial charge on any atom is 0.0820 e. The molecule has 1 aliphatic heterocycles. The lowest BCUT2D eigenvalue weighted by Crippen LogP contribution is -2.42. The Balaban J connectivity index is 0. The summed E-state index contributed by atoms with van der Waals surface area (Å²) in [6.45, 7) is 4.18. The topological polar surface area (TPSA) is 58.3 Å². The second-order valence-corrected chi connectivity index (χ2v) is 3.17. The lowest BCUT2D eigenvalue weighted by Gasteiger charge is -2.27. The van der Waals surface area contributed by atoms with Gasteiger partial charge in [-0.25, -0.2) is 0 Å². The molecule has 0 spiro atoms. The molecule has 0 radical (unpaired) electrons. The molecular formula is C7H18Cl2N2O. The van der Waals surface area contributed by atoms with Gasteiger partial charge in [0.1, 0.15) is 0 Å². The summed E-state index contributed by atoms with van der Waals surface area (Å²) in [4.78, 5) is 0. The second-order valence-electron chi connectivity index (χ2n) is 3.17. The molecule has 3 nitrogen and oxygen atoms in total. The van der Waals surface area contributed by atoms with Gasteiger partial charge in [0.25, 0.3) is 0 Å². The fraction of sp³-hybridized carbons (Fsp3) is 1.00. The molecule has 76 valence electrons. The SMILES string of the molecule is CC(CN)C1(O)CCNC1.Cl.Cl. The van der Waals surface area contributed by atoms with Gasteiger partial charge in [0.05, 0.1) is 5.60 Å². The third-order valence-electron chi connectivity index (χ3n) is 2.44. The number of rotatable bonds is 2. The second kappa shape index (κ2) is 6.00. The Bertz CT molecular complexity index is 118. The Morgan fingerprint density at radius 1 is 1.58 bits per heavy atom. The van der Waals surface area contributed by atoms with Crippen molar-refractivity contribution >= 4 is 24.8 Å². The molecular weight excluding hydrogens is 199 g/mol. The Morgan fingerprint density at radius 2 is 2.17 bits per heavy atom. The van der Waals surface area contributed by atoms with Crippen LogP contribution in [-0.4, -0.2) is 30.3 Å². The van der Waals surface area contributed by atoms with Crippen LogP contribution < -0.4 is 11.1 Å². The molecule has 1 aliphatic rings. The zero-order chi connectivity index (χ0) is 7.61. The number of nitrogens with two attached hydrogens (primary N) is 1. The van der Waals surface area contributed by atoms with Crippen molar-refractivity contribution in [3.63, 3.8) is 0 Å². The van der Waals surface area contributed by atoms with Crippen molar-refractivity contribution in [2.75, 3.05) is 19.6 Å². The van der Waals surface area contributed by atoms with E-state index in [1.54, 1.807) is 0 Å². The van der Waals surface area contributed by atoms with Crippen LogP contribution in [0.5, 0.6) is 0 Å². The van der Waals surface area contributed by atoms with Crippen molar-refractivity contribution in [2.45, 2.75) is 18.9 Å². The van der Waals surface area contributed by atoms with Crippen molar-refractivity contribution in [3.05, 3.63) is 0 Å². The molecule has 0 aromatic carbocycles. The van der Waals surface area contributed by atoms with Crippen LogP contribution in [-0.2, 0) is 0 Å². The number of hydrogen-bond acceptors (Lipinski definition) is 3. The van der Waals surface area contributed by atoms with E-state index in [4.69, 9.17) is 5.73 Å². The van der Waals surface area contributed by atoms with E-state index in [0.717, 1.165) is 13.0 Å². The van der Waals surface area contributed by atoms with Crippen LogP contribution in [0.4, 0.5) is 0 Å². The molecule has 1 heterocycles. The zero-order valence-electron chi connectivity index (χ0n) is 7.25. The Morgan fingerprint density at radius 3 is 2.50 bits per heavy atom. The highest BCUT2D eigenvalue weighted by Gasteiger charge is 2.35. The van der Waals surface area contributed by atoms with Crippen molar-refractivity contribution in [2.24, 2.45) is 11.7 Å². The number of aliphatic hydroxyl groups is 1. The van der Waals surface area contributed by atoms with E-state index in [-0.39, 0.29) is 30.7 Å². The maximum atomic E-state index is 9.82. The molecule has 1 rings (SSSR count). The predicted octanol–water partition coefficient (Wildman–Crippen LogP) is 0.149. The van der Waals surface area contributed by atoms with Crippen LogP contribution in [0.25, 0.3) is 0 Å². The van der Waals surface area contributed by atoms with Gasteiger partial charge in [-0.05, 0) is 25.4 Å². The number of nitrogens with one attached hydrogen (secondary N) is 1. The van der Waals surface area contributed by atoms with Gasteiger partial charge in [-0.3, -0.25) is 0 Å². The minimum Gasteiger partial charge on any atom is -0.388 e. The van der Waals surface area contributed by atoms with E-state index in [2.05, 4.69) is 5.32 Å². The lowest BCUT2D eigenvalue weighted by molar-refractivity contribution is 0.0113. The largest absolute Gasteiger partial charge is 0.388 e. The fourth-order valence-corrected chi connectivity index (χ4v) is 1.34. The molecule has 0 aliphatic carbocycles. The van der Waals surface area contributed by atoms with Crippen molar-refractivity contribution in [3.8, 4) is 0 Å². The predicted molar refractivity (Wildman–Crippen MR) is 55.2 cm³/mol. The molecule has 0 amide bonds. The fourth-order valence-electron chi connectivity index (χ4n) is 1.34. The van der Waals surface area contributed by atoms with Crippen LogP contribution in [0.1, 0.15) is 13.3 Å². The molecule has 1 saturated heterocycles. The first kappa shape index (κ1) is 15.0. The lowest BCUT2D eigenvalue weighted by atomic mass is 9.88. The van der Waals surface area contributed by atoms with Crippen LogP contribution in [0.2, 0.25) is 0 Å². The van der Waals surface area contributed by atoms with E-state index in [0.29, 0.717) is 13.1 Å². The monoisotopic (exact) mass is 216 g/mol. The van der Waals surface area contributed by atoms with Gasteiger partial charge in [0, 0.05) is 6.54 Å². The summed E-state index contributed by atoms with van der Waals surface area (Å²) < 4.78 is 0. The van der Waals surface area contributed by atoms with Gasteiger partial charge in [0.2, 0.25) is 0 Å². The van der Waals surface area contributed by atoms with Crippen molar-refractivity contribution < 1.29 is 5.11 Å². The molecule has 1 fully saturated rings. The first-order chi connectivity index (χ1) is 4.69. The van der Waals surface area contributed by atoms with Crippen LogP contribution in [0.3, 0.4) is 0 Å². The summed E-state index contributed by atoms with van der Waals surface area (Å²) in [5.74, 6) is 0.211. The first-order valence-electron chi connectivity index (χ1n) is 3.82. The highest BCUT2D eigenvalue weighted by molar-refractivity contribution is 5.85. The highest BCUT2D eigenvalue weighted by atomic mass is 35.5. The van der Waals surface area contributed by atoms with Crippen molar-refractivity contribution in [1.82, 2.24) is 5.32 Å². The first-order valence-corrected chi connectivity index (χ1v) is 3.82. The third-order valence-corrected chi connectivity index (χ3v) is 2.44. The van der Waals surface area contributed by atoms with Gasteiger partial charge >= 0.3 is 0 Å². The summed E-state index contributed by atoms with van der Waals surface area (Å²) in [5, 5.41) is 12.9. The summed E-state index contributed by atoms with van der Waals surface area (Å²) in [6, 6.07) is 0. The minimum atomic E-state index is -0.533. The molecule has 0 aromatic heterocycles. The van der Waals surface area contributed by atoms with Gasteiger partial charge in [-0.2, -0.15) is 0 Å². The minimum absolute atomic E-state index is 0. The maximum absolute atomic E-state index is 9.82. The van der Waals surface area contributed by atoms with Gasteiger partial charge < -0.3 is 16.2 Å². The summed E-state index contributed by atoms with van der Waals surface area (Å²) in [5.41, 5.74) is 4.92. The summed E-state index contributed by atoms with van der Waals surface area (Å²) >= 11 is 0. The Labute approximate surface area is 85.9 Å². The van der Waals surface area contributed by atoms with E-state index in [1.807, 2.05) is 6.92 Å². The number of hydrogen-bond donors (Lipinski definition) is 3. The summed E-state index contributed by atoms with van der Waals surface area (Å²) in [7, 11) is 0. The van der Waals surface area contributed by atoms with Gasteiger partial charge in [-0.1, -0.05) is 6.92 Å². The Hall–Kier alpha value is 0.460. The van der Waals surface area contributed by atoms with Gasteiger partial charge in [-0.15, -0.1) is 24.8 Å². The average Bonchev–Trinajstić information content (AvgIpc) is 2.36. The highest BCUT2D eigenvalue weighted by Crippen LogP contribution is 2.22. The quantitative estimate of drug-likeness (QED) is 0.617. The van der Waals surface area contributed by atoms with E-state index < -0.39 is 5.60 Å². The molecule has 4 N–H and O–H groups in total. The molecule has 2 unspecified atom stereocenters. The zero-order valence-corrected chi connectivity index (χ0v) is 8.88. The van der Waals surface area contributed by atoms with E-state index >= 15 is 0 Å². The molecule has 2 atom stereocenters. The average molecular weight is 217 g/mol. The smallest absolute Gasteiger partial charge is 0.0820 e. The number of β-amino-alcohol motifs (C(OH)–C–C–N with tert-alkyl or cyclic N) is 1. The normalized spacial score (nSPS) is 30.2. The molecule has 12 heavy (non-hydrogen) atoms. The molecule has 0 aromatic rings. The van der Waals surface area contributed by atoms with Crippen molar-refractivity contribution in [1.29, 1.82) is 0 Å². The molecule has 5 heteroatoms. The van der Waals surface area contributed by atoms with E-state index in [9.17, 15) is 5.11 Å². The molecule has 0 bridgehead atoms. The van der Waals surface area contributed by atoms with Gasteiger partial charge in [0.15, 0.2) is 0 Å². The van der Waals surface area contributed by atoms with E-state index in [1.165, 1.54) is 0 Å². The summed E-state index contributed by atoms with van der Waals surface area (Å²) in [6.07, 6.45) is 0.839. The molecule has 0 saturated carbocycles.